The molecule has 2 aliphatic heterocycles. The number of ether oxygens (including phenoxy) is 1. The van der Waals surface area contributed by atoms with Gasteiger partial charge in [0, 0.05) is 29.0 Å². The SMILES string of the molecule is COc1cc(Cl)ccc1C(=O)N1C[C@@H]2C[C@H]1CN2C(=O)[C@@H](NC(=O)c1cc2ccccc2[nH]1)C(C)(C)C. The summed E-state index contributed by atoms with van der Waals surface area (Å²) in [6, 6.07) is 13.5. The first-order valence-electron chi connectivity index (χ1n) is 12.4. The van der Waals surface area contributed by atoms with Crippen LogP contribution < -0.4 is 10.1 Å². The van der Waals surface area contributed by atoms with Gasteiger partial charge >= 0.3 is 0 Å². The number of nitrogens with one attached hydrogen (secondary N) is 2. The first-order chi connectivity index (χ1) is 17.6. The molecule has 37 heavy (non-hydrogen) atoms. The van der Waals surface area contributed by atoms with Crippen LogP contribution in [-0.2, 0) is 4.79 Å². The number of para-hydroxylation sites is 1. The van der Waals surface area contributed by atoms with Crippen molar-refractivity contribution in [3.05, 3.63) is 64.8 Å². The molecule has 2 bridgehead atoms. The summed E-state index contributed by atoms with van der Waals surface area (Å²) in [5.41, 5.74) is 1.23. The van der Waals surface area contributed by atoms with Crippen LogP contribution in [0.15, 0.2) is 48.5 Å². The third-order valence-corrected chi connectivity index (χ3v) is 7.58. The third-order valence-electron chi connectivity index (χ3n) is 7.34. The molecule has 0 spiro atoms. The summed E-state index contributed by atoms with van der Waals surface area (Å²) in [6.45, 7) is 6.70. The number of benzene rings is 2. The molecule has 9 heteroatoms. The summed E-state index contributed by atoms with van der Waals surface area (Å²) < 4.78 is 5.37. The van der Waals surface area contributed by atoms with Crippen LogP contribution in [0.3, 0.4) is 0 Å². The number of amides is 3. The summed E-state index contributed by atoms with van der Waals surface area (Å²) in [7, 11) is 1.51. The lowest BCUT2D eigenvalue weighted by molar-refractivity contribution is -0.138. The number of hydrogen-bond acceptors (Lipinski definition) is 4. The Labute approximate surface area is 220 Å². The normalized spacial score (nSPS) is 19.8. The molecule has 2 saturated heterocycles. The first-order valence-corrected chi connectivity index (χ1v) is 12.8. The molecule has 2 aromatic carbocycles. The number of carbonyl (C=O) groups excluding carboxylic acids is 3. The van der Waals surface area contributed by atoms with E-state index in [4.69, 9.17) is 16.3 Å². The van der Waals surface area contributed by atoms with E-state index in [1.165, 1.54) is 7.11 Å². The van der Waals surface area contributed by atoms with Crippen LogP contribution in [0.1, 0.15) is 48.0 Å². The molecule has 1 aromatic heterocycles. The van der Waals surface area contributed by atoms with Gasteiger partial charge in [-0.3, -0.25) is 14.4 Å². The molecule has 3 amide bonds. The number of rotatable bonds is 5. The van der Waals surface area contributed by atoms with Crippen LogP contribution in [0.5, 0.6) is 5.75 Å². The van der Waals surface area contributed by atoms with Crippen molar-refractivity contribution in [3.8, 4) is 5.75 Å². The van der Waals surface area contributed by atoms with E-state index in [2.05, 4.69) is 10.3 Å². The number of nitrogens with zero attached hydrogens (tertiary/aromatic N) is 2. The van der Waals surface area contributed by atoms with E-state index in [0.717, 1.165) is 10.9 Å². The molecule has 5 rings (SSSR count). The predicted molar refractivity (Wildman–Crippen MR) is 142 cm³/mol. The average Bonchev–Trinajstić information content (AvgIpc) is 3.59. The molecule has 3 heterocycles. The Balaban J connectivity index is 1.30. The first kappa shape index (κ1) is 25.1. The van der Waals surface area contributed by atoms with Crippen LogP contribution in [-0.4, -0.2) is 70.8 Å². The molecular formula is C28H31ClN4O4. The van der Waals surface area contributed by atoms with Gasteiger partial charge in [-0.25, -0.2) is 0 Å². The molecule has 8 nitrogen and oxygen atoms in total. The number of piperazine rings is 1. The predicted octanol–water partition coefficient (Wildman–Crippen LogP) is 4.10. The van der Waals surface area contributed by atoms with Gasteiger partial charge in [-0.1, -0.05) is 50.6 Å². The summed E-state index contributed by atoms with van der Waals surface area (Å²) >= 11 is 6.06. The fourth-order valence-electron chi connectivity index (χ4n) is 5.40. The van der Waals surface area contributed by atoms with Gasteiger partial charge in [-0.2, -0.15) is 0 Å². The van der Waals surface area contributed by atoms with Crippen LogP contribution in [0.25, 0.3) is 10.9 Å². The molecule has 0 saturated carbocycles. The van der Waals surface area contributed by atoms with Gasteiger partial charge in [0.2, 0.25) is 5.91 Å². The maximum Gasteiger partial charge on any atom is 0.268 e. The molecule has 2 N–H and O–H groups in total. The quantitative estimate of drug-likeness (QED) is 0.527. The van der Waals surface area contributed by atoms with E-state index in [-0.39, 0.29) is 29.8 Å². The Hall–Kier alpha value is -3.52. The van der Waals surface area contributed by atoms with E-state index in [1.807, 2.05) is 54.8 Å². The Morgan fingerprint density at radius 2 is 1.76 bits per heavy atom. The monoisotopic (exact) mass is 522 g/mol. The number of halogens is 1. The second-order valence-corrected chi connectivity index (χ2v) is 11.3. The number of aromatic nitrogens is 1. The van der Waals surface area contributed by atoms with Crippen molar-refractivity contribution in [1.29, 1.82) is 0 Å². The molecule has 0 radical (unpaired) electrons. The fraction of sp³-hybridized carbons (Fsp3) is 0.393. The summed E-state index contributed by atoms with van der Waals surface area (Å²) in [5, 5.41) is 4.41. The minimum Gasteiger partial charge on any atom is -0.496 e. The highest BCUT2D eigenvalue weighted by Gasteiger charge is 2.50. The standard InChI is InChI=1S/C28H31ClN4O4/c1-28(2,3)24(31-25(34)22-11-16-7-5-6-8-21(16)30-22)27(36)33-15-18-13-19(33)14-32(18)26(35)20-10-9-17(29)12-23(20)37-4/h5-12,18-19,24,30H,13-15H2,1-4H3,(H,31,34)/t18-,19-,24+/m0/s1. The van der Waals surface area contributed by atoms with Crippen LogP contribution in [0, 0.1) is 5.41 Å². The van der Waals surface area contributed by atoms with Crippen molar-refractivity contribution < 1.29 is 19.1 Å². The maximum absolute atomic E-state index is 13.8. The van der Waals surface area contributed by atoms with Crippen molar-refractivity contribution in [2.45, 2.75) is 45.3 Å². The van der Waals surface area contributed by atoms with Crippen molar-refractivity contribution in [3.63, 3.8) is 0 Å². The van der Waals surface area contributed by atoms with E-state index in [0.29, 0.717) is 41.5 Å². The lowest BCUT2D eigenvalue weighted by atomic mass is 9.85. The number of hydrogen-bond donors (Lipinski definition) is 2. The Morgan fingerprint density at radius 3 is 2.41 bits per heavy atom. The van der Waals surface area contributed by atoms with Gasteiger partial charge in [0.1, 0.15) is 17.5 Å². The molecule has 194 valence electrons. The Bertz CT molecular complexity index is 1350. The topological polar surface area (TPSA) is 94.7 Å². The van der Waals surface area contributed by atoms with Crippen LogP contribution in [0.2, 0.25) is 5.02 Å². The largest absolute Gasteiger partial charge is 0.496 e. The summed E-state index contributed by atoms with van der Waals surface area (Å²) in [5.74, 6) is -0.144. The van der Waals surface area contributed by atoms with E-state index >= 15 is 0 Å². The van der Waals surface area contributed by atoms with Gasteiger partial charge in [-0.05, 0) is 42.2 Å². The van der Waals surface area contributed by atoms with Crippen molar-refractivity contribution >= 4 is 40.2 Å². The molecule has 0 unspecified atom stereocenters. The van der Waals surface area contributed by atoms with Crippen molar-refractivity contribution in [1.82, 2.24) is 20.1 Å². The van der Waals surface area contributed by atoms with E-state index in [9.17, 15) is 14.4 Å². The number of H-pyrrole nitrogens is 1. The molecule has 0 aliphatic carbocycles. The second-order valence-electron chi connectivity index (χ2n) is 10.9. The molecule has 3 aromatic rings. The van der Waals surface area contributed by atoms with Gasteiger partial charge in [0.15, 0.2) is 0 Å². The maximum atomic E-state index is 13.8. The van der Waals surface area contributed by atoms with Crippen molar-refractivity contribution in [2.75, 3.05) is 20.2 Å². The number of methoxy groups -OCH3 is 1. The van der Waals surface area contributed by atoms with E-state index < -0.39 is 11.5 Å². The zero-order valence-electron chi connectivity index (χ0n) is 21.4. The lowest BCUT2D eigenvalue weighted by Crippen LogP contribution is -2.59. The lowest BCUT2D eigenvalue weighted by Gasteiger charge is -2.39. The summed E-state index contributed by atoms with van der Waals surface area (Å²) in [6.07, 6.45) is 0.709. The highest BCUT2D eigenvalue weighted by atomic mass is 35.5. The van der Waals surface area contributed by atoms with Crippen LogP contribution in [0.4, 0.5) is 0 Å². The molecule has 3 atom stereocenters. The smallest absolute Gasteiger partial charge is 0.268 e. The minimum absolute atomic E-state index is 0.0909. The van der Waals surface area contributed by atoms with Gasteiger partial charge in [0.05, 0.1) is 24.8 Å². The molecule has 2 fully saturated rings. The summed E-state index contributed by atoms with van der Waals surface area (Å²) in [4.78, 5) is 47.0. The molecule has 2 aliphatic rings. The number of carbonyl (C=O) groups is 3. The molecular weight excluding hydrogens is 492 g/mol. The minimum atomic E-state index is -0.716. The van der Waals surface area contributed by atoms with Crippen LogP contribution >= 0.6 is 11.6 Å². The number of aromatic amines is 1. The highest BCUT2D eigenvalue weighted by Crippen LogP contribution is 2.35. The van der Waals surface area contributed by atoms with Gasteiger partial charge < -0.3 is 24.8 Å². The van der Waals surface area contributed by atoms with E-state index in [1.54, 1.807) is 24.3 Å². The highest BCUT2D eigenvalue weighted by molar-refractivity contribution is 6.30. The van der Waals surface area contributed by atoms with Crippen molar-refractivity contribution in [2.24, 2.45) is 5.41 Å². The Kier molecular flexibility index (Phi) is 6.40. The zero-order chi connectivity index (χ0) is 26.5. The average molecular weight is 523 g/mol. The van der Waals surface area contributed by atoms with Gasteiger partial charge in [-0.15, -0.1) is 0 Å². The number of likely N-dealkylation sites (tertiary alicyclic amines) is 2. The van der Waals surface area contributed by atoms with Gasteiger partial charge in [0.25, 0.3) is 11.8 Å². The second kappa shape index (κ2) is 9.41. The Morgan fingerprint density at radius 1 is 1.05 bits per heavy atom. The zero-order valence-corrected chi connectivity index (χ0v) is 22.1. The third kappa shape index (κ3) is 4.66. The number of fused-ring (bicyclic) bond motifs is 3. The fourth-order valence-corrected chi connectivity index (χ4v) is 5.56.